The second-order valence-electron chi connectivity index (χ2n) is 5.32. The molecule has 0 bridgehead atoms. The Morgan fingerprint density at radius 2 is 1.86 bits per heavy atom. The van der Waals surface area contributed by atoms with Crippen LogP contribution in [0.25, 0.3) is 0 Å². The van der Waals surface area contributed by atoms with Crippen molar-refractivity contribution in [3.63, 3.8) is 0 Å². The largest absolute Gasteiger partial charge is 0.465 e. The molecule has 1 aliphatic heterocycles. The summed E-state index contributed by atoms with van der Waals surface area (Å²) in [4.78, 5) is 25.4. The molecule has 5 nitrogen and oxygen atoms in total. The SMILES string of the molecule is COC(=O)c1ccc(CNC(C)C(=O)N2CCCC2)cc1. The fraction of sp³-hybridized carbons (Fsp3) is 0.500. The normalized spacial score (nSPS) is 15.8. The smallest absolute Gasteiger partial charge is 0.337 e. The third-order valence-corrected chi connectivity index (χ3v) is 3.78. The zero-order chi connectivity index (χ0) is 15.2. The summed E-state index contributed by atoms with van der Waals surface area (Å²) in [6.07, 6.45) is 2.21. The highest BCUT2D eigenvalue weighted by atomic mass is 16.5. The number of nitrogens with zero attached hydrogens (tertiary/aromatic N) is 1. The fourth-order valence-corrected chi connectivity index (χ4v) is 2.45. The number of nitrogens with one attached hydrogen (secondary N) is 1. The molecule has 1 amide bonds. The Bertz CT molecular complexity index is 493. The minimum atomic E-state index is -0.341. The predicted molar refractivity (Wildman–Crippen MR) is 79.9 cm³/mol. The lowest BCUT2D eigenvalue weighted by atomic mass is 10.1. The number of hydrogen-bond donors (Lipinski definition) is 1. The number of benzene rings is 1. The van der Waals surface area contributed by atoms with Gasteiger partial charge in [0.25, 0.3) is 0 Å². The number of amides is 1. The van der Waals surface area contributed by atoms with Crippen LogP contribution in [-0.2, 0) is 16.1 Å². The molecule has 114 valence electrons. The molecule has 1 unspecified atom stereocenters. The van der Waals surface area contributed by atoms with Gasteiger partial charge in [0.2, 0.25) is 5.91 Å². The summed E-state index contributed by atoms with van der Waals surface area (Å²) < 4.78 is 4.66. The third-order valence-electron chi connectivity index (χ3n) is 3.78. The van der Waals surface area contributed by atoms with E-state index in [-0.39, 0.29) is 17.9 Å². The Labute approximate surface area is 125 Å². The van der Waals surface area contributed by atoms with Crippen molar-refractivity contribution in [1.82, 2.24) is 10.2 Å². The van der Waals surface area contributed by atoms with E-state index in [4.69, 9.17) is 0 Å². The van der Waals surface area contributed by atoms with Crippen molar-refractivity contribution in [2.45, 2.75) is 32.4 Å². The van der Waals surface area contributed by atoms with Crippen LogP contribution in [0, 0.1) is 0 Å². The molecule has 0 spiro atoms. The number of carbonyl (C=O) groups excluding carboxylic acids is 2. The molecule has 1 fully saturated rings. The summed E-state index contributed by atoms with van der Waals surface area (Å²) in [6, 6.07) is 7.01. The number of likely N-dealkylation sites (tertiary alicyclic amines) is 1. The number of rotatable bonds is 5. The Morgan fingerprint density at radius 3 is 2.43 bits per heavy atom. The van der Waals surface area contributed by atoms with Crippen LogP contribution in [0.5, 0.6) is 0 Å². The van der Waals surface area contributed by atoms with E-state index in [0.717, 1.165) is 31.5 Å². The van der Waals surface area contributed by atoms with Gasteiger partial charge in [-0.2, -0.15) is 0 Å². The van der Waals surface area contributed by atoms with Crippen molar-refractivity contribution in [3.8, 4) is 0 Å². The van der Waals surface area contributed by atoms with Gasteiger partial charge in [0, 0.05) is 19.6 Å². The molecule has 1 atom stereocenters. The lowest BCUT2D eigenvalue weighted by molar-refractivity contribution is -0.131. The standard InChI is InChI=1S/C16H22N2O3/c1-12(15(19)18-9-3-4-10-18)17-11-13-5-7-14(8-6-13)16(20)21-2/h5-8,12,17H,3-4,9-11H2,1-2H3. The molecular weight excluding hydrogens is 268 g/mol. The molecule has 1 N–H and O–H groups in total. The van der Waals surface area contributed by atoms with Crippen LogP contribution >= 0.6 is 0 Å². The van der Waals surface area contributed by atoms with Crippen LogP contribution in [0.2, 0.25) is 0 Å². The maximum atomic E-state index is 12.2. The summed E-state index contributed by atoms with van der Waals surface area (Å²) in [5.74, 6) is -0.175. The monoisotopic (exact) mass is 290 g/mol. The van der Waals surface area contributed by atoms with Gasteiger partial charge >= 0.3 is 5.97 Å². The molecule has 0 radical (unpaired) electrons. The van der Waals surface area contributed by atoms with Gasteiger partial charge < -0.3 is 15.0 Å². The van der Waals surface area contributed by atoms with E-state index in [2.05, 4.69) is 10.1 Å². The van der Waals surface area contributed by atoms with Crippen LogP contribution in [0.15, 0.2) is 24.3 Å². The number of methoxy groups -OCH3 is 1. The van der Waals surface area contributed by atoms with Crippen molar-refractivity contribution in [2.24, 2.45) is 0 Å². The van der Waals surface area contributed by atoms with Crippen molar-refractivity contribution in [3.05, 3.63) is 35.4 Å². The lowest BCUT2D eigenvalue weighted by Gasteiger charge is -2.21. The number of ether oxygens (including phenoxy) is 1. The molecular formula is C16H22N2O3. The molecule has 1 aliphatic rings. The Morgan fingerprint density at radius 1 is 1.24 bits per heavy atom. The summed E-state index contributed by atoms with van der Waals surface area (Å²) in [6.45, 7) is 4.24. The van der Waals surface area contributed by atoms with E-state index in [1.54, 1.807) is 12.1 Å². The van der Waals surface area contributed by atoms with E-state index in [1.807, 2.05) is 24.0 Å². The second-order valence-corrected chi connectivity index (χ2v) is 5.32. The molecule has 1 aromatic rings. The van der Waals surface area contributed by atoms with Gasteiger partial charge in [0.15, 0.2) is 0 Å². The van der Waals surface area contributed by atoms with Crippen LogP contribution in [0.3, 0.4) is 0 Å². The van der Waals surface area contributed by atoms with Gasteiger partial charge in [-0.1, -0.05) is 12.1 Å². The Hall–Kier alpha value is -1.88. The highest BCUT2D eigenvalue weighted by molar-refractivity contribution is 5.89. The zero-order valence-electron chi connectivity index (χ0n) is 12.6. The summed E-state index contributed by atoms with van der Waals surface area (Å²) in [5, 5.41) is 3.23. The van der Waals surface area contributed by atoms with Crippen molar-refractivity contribution >= 4 is 11.9 Å². The van der Waals surface area contributed by atoms with E-state index in [0.29, 0.717) is 12.1 Å². The average Bonchev–Trinajstić information content (AvgIpc) is 3.06. The van der Waals surface area contributed by atoms with Crippen LogP contribution < -0.4 is 5.32 Å². The molecule has 21 heavy (non-hydrogen) atoms. The second kappa shape index (κ2) is 7.22. The van der Waals surface area contributed by atoms with Crippen LogP contribution in [-0.4, -0.2) is 43.0 Å². The van der Waals surface area contributed by atoms with E-state index in [9.17, 15) is 9.59 Å². The molecule has 5 heteroatoms. The van der Waals surface area contributed by atoms with Gasteiger partial charge in [-0.15, -0.1) is 0 Å². The Kier molecular flexibility index (Phi) is 5.33. The molecule has 1 aromatic carbocycles. The van der Waals surface area contributed by atoms with Gasteiger partial charge in [-0.25, -0.2) is 4.79 Å². The topological polar surface area (TPSA) is 58.6 Å². The maximum absolute atomic E-state index is 12.2. The quantitative estimate of drug-likeness (QED) is 0.836. The van der Waals surface area contributed by atoms with E-state index < -0.39 is 0 Å². The first kappa shape index (κ1) is 15.5. The van der Waals surface area contributed by atoms with Crippen molar-refractivity contribution < 1.29 is 14.3 Å². The fourth-order valence-electron chi connectivity index (χ4n) is 2.45. The summed E-state index contributed by atoms with van der Waals surface area (Å²) in [5.41, 5.74) is 1.56. The number of hydrogen-bond acceptors (Lipinski definition) is 4. The molecule has 2 rings (SSSR count). The summed E-state index contributed by atoms with van der Waals surface area (Å²) in [7, 11) is 1.36. The van der Waals surface area contributed by atoms with Gasteiger partial charge in [0.05, 0.1) is 18.7 Å². The molecule has 0 aromatic heterocycles. The first-order chi connectivity index (χ1) is 10.1. The van der Waals surface area contributed by atoms with Gasteiger partial charge in [0.1, 0.15) is 0 Å². The minimum Gasteiger partial charge on any atom is -0.465 e. The predicted octanol–water partition coefficient (Wildman–Crippen LogP) is 1.57. The minimum absolute atomic E-state index is 0.165. The number of esters is 1. The zero-order valence-corrected chi connectivity index (χ0v) is 12.6. The Balaban J connectivity index is 1.84. The van der Waals surface area contributed by atoms with Crippen LogP contribution in [0.1, 0.15) is 35.7 Å². The van der Waals surface area contributed by atoms with Crippen LogP contribution in [0.4, 0.5) is 0 Å². The van der Waals surface area contributed by atoms with E-state index in [1.165, 1.54) is 7.11 Å². The molecule has 1 saturated heterocycles. The third kappa shape index (κ3) is 4.04. The maximum Gasteiger partial charge on any atom is 0.337 e. The first-order valence-corrected chi connectivity index (χ1v) is 7.31. The molecule has 0 saturated carbocycles. The summed E-state index contributed by atoms with van der Waals surface area (Å²) >= 11 is 0. The average molecular weight is 290 g/mol. The highest BCUT2D eigenvalue weighted by Gasteiger charge is 2.22. The van der Waals surface area contributed by atoms with Crippen molar-refractivity contribution in [2.75, 3.05) is 20.2 Å². The first-order valence-electron chi connectivity index (χ1n) is 7.31. The molecule has 1 heterocycles. The number of carbonyl (C=O) groups is 2. The van der Waals surface area contributed by atoms with Crippen molar-refractivity contribution in [1.29, 1.82) is 0 Å². The highest BCUT2D eigenvalue weighted by Crippen LogP contribution is 2.10. The van der Waals surface area contributed by atoms with E-state index >= 15 is 0 Å². The van der Waals surface area contributed by atoms with Gasteiger partial charge in [-0.05, 0) is 37.5 Å². The molecule has 0 aliphatic carbocycles. The van der Waals surface area contributed by atoms with Gasteiger partial charge in [-0.3, -0.25) is 4.79 Å². The lowest BCUT2D eigenvalue weighted by Crippen LogP contribution is -2.43.